The number of hydrogen-bond donors (Lipinski definition) is 1. The maximum atomic E-state index is 5.63. The molecule has 0 saturated carbocycles. The first-order valence-electron chi connectivity index (χ1n) is 6.16. The van der Waals surface area contributed by atoms with Crippen LogP contribution in [0.15, 0.2) is 4.52 Å². The van der Waals surface area contributed by atoms with Gasteiger partial charge in [-0.1, -0.05) is 5.16 Å². The van der Waals surface area contributed by atoms with E-state index in [9.17, 15) is 0 Å². The fourth-order valence-corrected chi connectivity index (χ4v) is 3.07. The molecule has 0 radical (unpaired) electrons. The maximum absolute atomic E-state index is 5.63. The van der Waals surface area contributed by atoms with Gasteiger partial charge in [0.2, 0.25) is 11.7 Å². The minimum absolute atomic E-state index is 0.0270. The molecule has 100 valence electrons. The zero-order chi connectivity index (χ0) is 12.4. The van der Waals surface area contributed by atoms with E-state index in [0.29, 0.717) is 11.7 Å². The first-order valence-corrected chi connectivity index (χ1v) is 7.31. The van der Waals surface area contributed by atoms with Gasteiger partial charge in [-0.15, -0.1) is 0 Å². The number of hydrogen-bond acceptors (Lipinski definition) is 7. The molecule has 7 heteroatoms. The Bertz CT molecular complexity index is 395. The van der Waals surface area contributed by atoms with Crippen molar-refractivity contribution >= 4 is 11.8 Å². The van der Waals surface area contributed by atoms with Crippen LogP contribution < -0.4 is 5.32 Å². The summed E-state index contributed by atoms with van der Waals surface area (Å²) in [6, 6.07) is 0.104. The van der Waals surface area contributed by atoms with Gasteiger partial charge in [-0.25, -0.2) is 0 Å². The molecule has 2 aliphatic heterocycles. The Kier molecular flexibility index (Phi) is 3.83. The van der Waals surface area contributed by atoms with Gasteiger partial charge in [0, 0.05) is 25.2 Å². The van der Waals surface area contributed by atoms with E-state index in [2.05, 4.69) is 15.5 Å². The predicted octanol–water partition coefficient (Wildman–Crippen LogP) is 0.924. The van der Waals surface area contributed by atoms with E-state index in [1.54, 1.807) is 7.11 Å². The molecule has 0 amide bonds. The third kappa shape index (κ3) is 2.54. The first-order chi connectivity index (χ1) is 8.86. The Hall–Kier alpha value is -0.630. The normalized spacial score (nSPS) is 32.8. The van der Waals surface area contributed by atoms with E-state index in [-0.39, 0.29) is 18.2 Å². The van der Waals surface area contributed by atoms with Gasteiger partial charge in [0.1, 0.15) is 6.10 Å². The van der Waals surface area contributed by atoms with Crippen LogP contribution >= 0.6 is 11.8 Å². The largest absolute Gasteiger partial charge is 0.380 e. The molecule has 0 spiro atoms. The number of methoxy groups -OCH3 is 1. The molecule has 1 aromatic heterocycles. The fraction of sp³-hybridized carbons (Fsp3) is 0.818. The van der Waals surface area contributed by atoms with Gasteiger partial charge in [-0.3, -0.25) is 0 Å². The summed E-state index contributed by atoms with van der Waals surface area (Å²) in [4.78, 5) is 4.45. The summed E-state index contributed by atoms with van der Waals surface area (Å²) in [5, 5.41) is 7.35. The quantitative estimate of drug-likeness (QED) is 0.876. The number of aromatic nitrogens is 2. The van der Waals surface area contributed by atoms with Crippen LogP contribution in [0.2, 0.25) is 0 Å². The third-order valence-electron chi connectivity index (χ3n) is 3.28. The molecule has 2 aliphatic rings. The molecule has 0 aliphatic carbocycles. The van der Waals surface area contributed by atoms with Crippen LogP contribution in [-0.2, 0) is 9.47 Å². The highest BCUT2D eigenvalue weighted by atomic mass is 32.2. The monoisotopic (exact) mass is 271 g/mol. The van der Waals surface area contributed by atoms with Crippen molar-refractivity contribution in [2.75, 3.05) is 31.8 Å². The van der Waals surface area contributed by atoms with E-state index in [4.69, 9.17) is 14.0 Å². The Morgan fingerprint density at radius 2 is 2.44 bits per heavy atom. The van der Waals surface area contributed by atoms with Crippen molar-refractivity contribution in [1.82, 2.24) is 15.5 Å². The molecule has 0 bridgehead atoms. The van der Waals surface area contributed by atoms with Crippen LogP contribution in [0, 0.1) is 0 Å². The molecule has 0 aromatic carbocycles. The van der Waals surface area contributed by atoms with Crippen LogP contribution in [0.1, 0.15) is 30.3 Å². The lowest BCUT2D eigenvalue weighted by Gasteiger charge is -2.18. The Morgan fingerprint density at radius 3 is 3.17 bits per heavy atom. The molecule has 1 N–H and O–H groups in total. The van der Waals surface area contributed by atoms with E-state index >= 15 is 0 Å². The number of thioether (sulfide) groups is 1. The van der Waals surface area contributed by atoms with Crippen molar-refractivity contribution in [2.24, 2.45) is 0 Å². The number of nitrogens with one attached hydrogen (secondary N) is 1. The number of ether oxygens (including phenoxy) is 2. The minimum atomic E-state index is -0.0270. The second-order valence-corrected chi connectivity index (χ2v) is 5.63. The molecule has 1 aromatic rings. The van der Waals surface area contributed by atoms with Crippen LogP contribution in [0.3, 0.4) is 0 Å². The summed E-state index contributed by atoms with van der Waals surface area (Å²) < 4.78 is 16.3. The first kappa shape index (κ1) is 12.4. The summed E-state index contributed by atoms with van der Waals surface area (Å²) in [5.41, 5.74) is 0. The second kappa shape index (κ2) is 5.56. The molecule has 18 heavy (non-hydrogen) atoms. The van der Waals surface area contributed by atoms with Crippen molar-refractivity contribution in [1.29, 1.82) is 0 Å². The Labute approximate surface area is 110 Å². The molecule has 6 nitrogen and oxygen atoms in total. The highest BCUT2D eigenvalue weighted by molar-refractivity contribution is 7.99. The van der Waals surface area contributed by atoms with Crippen LogP contribution in [0.5, 0.6) is 0 Å². The van der Waals surface area contributed by atoms with Crippen LogP contribution in [-0.4, -0.2) is 48.0 Å². The van der Waals surface area contributed by atoms with E-state index in [1.807, 2.05) is 11.8 Å². The summed E-state index contributed by atoms with van der Waals surface area (Å²) >= 11 is 1.86. The third-order valence-corrected chi connectivity index (χ3v) is 4.28. The Morgan fingerprint density at radius 1 is 1.50 bits per heavy atom. The van der Waals surface area contributed by atoms with Crippen molar-refractivity contribution < 1.29 is 14.0 Å². The molecule has 2 fully saturated rings. The van der Waals surface area contributed by atoms with E-state index < -0.39 is 0 Å². The summed E-state index contributed by atoms with van der Waals surface area (Å²) in [6.07, 6.45) is 1.08. The van der Waals surface area contributed by atoms with Crippen LogP contribution in [0.25, 0.3) is 0 Å². The summed E-state index contributed by atoms with van der Waals surface area (Å²) in [6.45, 7) is 1.58. The van der Waals surface area contributed by atoms with Gasteiger partial charge in [0.05, 0.1) is 18.8 Å². The highest BCUT2D eigenvalue weighted by Gasteiger charge is 2.31. The lowest BCUT2D eigenvalue weighted by molar-refractivity contribution is 0.0677. The van der Waals surface area contributed by atoms with Crippen molar-refractivity contribution in [2.45, 2.75) is 24.7 Å². The smallest absolute Gasteiger partial charge is 0.243 e. The predicted molar refractivity (Wildman–Crippen MR) is 66.5 cm³/mol. The van der Waals surface area contributed by atoms with Gasteiger partial charge in [0.25, 0.3) is 0 Å². The average Bonchev–Trinajstić information content (AvgIpc) is 3.08. The van der Waals surface area contributed by atoms with E-state index in [1.165, 1.54) is 0 Å². The highest BCUT2D eigenvalue weighted by Crippen LogP contribution is 2.28. The topological polar surface area (TPSA) is 69.4 Å². The van der Waals surface area contributed by atoms with Gasteiger partial charge < -0.3 is 19.3 Å². The SMILES string of the molecule is CO[C@@H]1CN[C@@H](c2nc(C3CSCCO3)no2)C1. The lowest BCUT2D eigenvalue weighted by Crippen LogP contribution is -2.18. The van der Waals surface area contributed by atoms with Crippen molar-refractivity contribution in [3.63, 3.8) is 0 Å². The van der Waals surface area contributed by atoms with Gasteiger partial charge in [-0.05, 0) is 6.42 Å². The molecule has 3 atom stereocenters. The number of nitrogens with zero attached hydrogens (tertiary/aromatic N) is 2. The summed E-state index contributed by atoms with van der Waals surface area (Å²) in [7, 11) is 1.72. The molecule has 1 unspecified atom stereocenters. The molecule has 3 heterocycles. The van der Waals surface area contributed by atoms with Crippen molar-refractivity contribution in [3.05, 3.63) is 11.7 Å². The molecule has 3 rings (SSSR count). The molecular weight excluding hydrogens is 254 g/mol. The maximum Gasteiger partial charge on any atom is 0.243 e. The summed E-state index contributed by atoms with van der Waals surface area (Å²) in [5.74, 6) is 3.25. The zero-order valence-electron chi connectivity index (χ0n) is 10.3. The Balaban J connectivity index is 1.66. The number of rotatable bonds is 3. The lowest BCUT2D eigenvalue weighted by atomic mass is 10.2. The van der Waals surface area contributed by atoms with Gasteiger partial charge in [-0.2, -0.15) is 16.7 Å². The fourth-order valence-electron chi connectivity index (χ4n) is 2.23. The minimum Gasteiger partial charge on any atom is -0.380 e. The van der Waals surface area contributed by atoms with Crippen molar-refractivity contribution in [3.8, 4) is 0 Å². The molecular formula is C11H17N3O3S. The van der Waals surface area contributed by atoms with Gasteiger partial charge in [0.15, 0.2) is 0 Å². The zero-order valence-corrected chi connectivity index (χ0v) is 11.1. The van der Waals surface area contributed by atoms with Gasteiger partial charge >= 0.3 is 0 Å². The standard InChI is InChI=1S/C11H17N3O3S/c1-15-7-4-8(12-5-7)11-13-10(14-17-11)9-6-18-3-2-16-9/h7-9,12H,2-6H2,1H3/t7-,8+,9?/m0/s1. The average molecular weight is 271 g/mol. The molecule has 2 saturated heterocycles. The van der Waals surface area contributed by atoms with Crippen LogP contribution in [0.4, 0.5) is 0 Å². The second-order valence-electron chi connectivity index (χ2n) is 4.48. The van der Waals surface area contributed by atoms with E-state index in [0.717, 1.165) is 31.1 Å².